The van der Waals surface area contributed by atoms with E-state index in [4.69, 9.17) is 5.73 Å². The highest BCUT2D eigenvalue weighted by Crippen LogP contribution is 2.09. The molecule has 0 heterocycles. The first-order valence-electron chi connectivity index (χ1n) is 6.24. The number of rotatable bonds is 4. The fourth-order valence-corrected chi connectivity index (χ4v) is 1.71. The van der Waals surface area contributed by atoms with E-state index in [0.29, 0.717) is 16.8 Å². The van der Waals surface area contributed by atoms with Gasteiger partial charge in [-0.1, -0.05) is 18.2 Å². The van der Waals surface area contributed by atoms with Gasteiger partial charge in [0.2, 0.25) is 5.91 Å². The molecule has 0 radical (unpaired) electrons. The summed E-state index contributed by atoms with van der Waals surface area (Å²) in [4.78, 5) is 22.6. The SMILES string of the molecule is NC(=O)c1ccc(NC(=O)NCc2ccccc2F)cc1. The number of anilines is 1. The number of hydrogen-bond donors (Lipinski definition) is 3. The number of primary amides is 1. The maximum atomic E-state index is 13.4. The first kappa shape index (κ1) is 14.5. The van der Waals surface area contributed by atoms with Gasteiger partial charge in [-0.2, -0.15) is 0 Å². The van der Waals surface area contributed by atoms with Crippen molar-refractivity contribution in [1.82, 2.24) is 5.32 Å². The van der Waals surface area contributed by atoms with Gasteiger partial charge in [0, 0.05) is 23.4 Å². The zero-order valence-corrected chi connectivity index (χ0v) is 11.1. The third-order valence-corrected chi connectivity index (χ3v) is 2.82. The lowest BCUT2D eigenvalue weighted by atomic mass is 10.2. The Balaban J connectivity index is 1.90. The molecule has 108 valence electrons. The minimum Gasteiger partial charge on any atom is -0.366 e. The summed E-state index contributed by atoms with van der Waals surface area (Å²) in [6, 6.07) is 11.9. The van der Waals surface area contributed by atoms with Gasteiger partial charge in [-0.05, 0) is 30.3 Å². The van der Waals surface area contributed by atoms with Gasteiger partial charge >= 0.3 is 6.03 Å². The minimum absolute atomic E-state index is 0.0812. The summed E-state index contributed by atoms with van der Waals surface area (Å²) in [6.45, 7) is 0.0812. The van der Waals surface area contributed by atoms with Crippen LogP contribution >= 0.6 is 0 Å². The lowest BCUT2D eigenvalue weighted by Gasteiger charge is -2.08. The fourth-order valence-electron chi connectivity index (χ4n) is 1.71. The van der Waals surface area contributed by atoms with Crippen LogP contribution in [0.2, 0.25) is 0 Å². The van der Waals surface area contributed by atoms with Crippen LogP contribution in [-0.2, 0) is 6.54 Å². The molecule has 2 aromatic rings. The molecular formula is C15H14FN3O2. The van der Waals surface area contributed by atoms with Crippen molar-refractivity contribution in [2.75, 3.05) is 5.32 Å². The molecule has 0 fully saturated rings. The summed E-state index contributed by atoms with van der Waals surface area (Å²) in [5, 5.41) is 5.12. The van der Waals surface area contributed by atoms with Gasteiger partial charge in [-0.15, -0.1) is 0 Å². The topological polar surface area (TPSA) is 84.2 Å². The van der Waals surface area contributed by atoms with Crippen molar-refractivity contribution in [3.05, 3.63) is 65.5 Å². The summed E-state index contributed by atoms with van der Waals surface area (Å²) < 4.78 is 13.4. The quantitative estimate of drug-likeness (QED) is 0.805. The summed E-state index contributed by atoms with van der Waals surface area (Å²) in [7, 11) is 0. The third-order valence-electron chi connectivity index (χ3n) is 2.82. The van der Waals surface area contributed by atoms with Crippen molar-refractivity contribution in [3.63, 3.8) is 0 Å². The van der Waals surface area contributed by atoms with Gasteiger partial charge in [0.15, 0.2) is 0 Å². The second-order valence-corrected chi connectivity index (χ2v) is 4.34. The van der Waals surface area contributed by atoms with Gasteiger partial charge in [0.1, 0.15) is 5.82 Å². The highest BCUT2D eigenvalue weighted by atomic mass is 19.1. The van der Waals surface area contributed by atoms with Crippen LogP contribution in [-0.4, -0.2) is 11.9 Å². The van der Waals surface area contributed by atoms with Crippen molar-refractivity contribution in [3.8, 4) is 0 Å². The molecule has 5 nitrogen and oxygen atoms in total. The number of urea groups is 1. The van der Waals surface area contributed by atoms with Crippen LogP contribution in [0.4, 0.5) is 14.9 Å². The number of benzene rings is 2. The van der Waals surface area contributed by atoms with Crippen molar-refractivity contribution in [1.29, 1.82) is 0 Å². The molecule has 0 atom stereocenters. The fraction of sp³-hybridized carbons (Fsp3) is 0.0667. The lowest BCUT2D eigenvalue weighted by molar-refractivity contribution is 0.100. The Bertz CT molecular complexity index is 656. The predicted octanol–water partition coefficient (Wildman–Crippen LogP) is 2.25. The average molecular weight is 287 g/mol. The maximum absolute atomic E-state index is 13.4. The van der Waals surface area contributed by atoms with Crippen molar-refractivity contribution >= 4 is 17.6 Å². The first-order valence-corrected chi connectivity index (χ1v) is 6.24. The summed E-state index contributed by atoms with van der Waals surface area (Å²) in [5.41, 5.74) is 6.38. The second-order valence-electron chi connectivity index (χ2n) is 4.34. The zero-order valence-electron chi connectivity index (χ0n) is 11.1. The molecule has 4 N–H and O–H groups in total. The van der Waals surface area contributed by atoms with Gasteiger partial charge in [-0.25, -0.2) is 9.18 Å². The molecule has 21 heavy (non-hydrogen) atoms. The number of amides is 3. The molecule has 0 saturated carbocycles. The molecule has 0 bridgehead atoms. The summed E-state index contributed by atoms with van der Waals surface area (Å²) >= 11 is 0. The van der Waals surface area contributed by atoms with Crippen molar-refractivity contribution in [2.45, 2.75) is 6.54 Å². The number of carbonyl (C=O) groups excluding carboxylic acids is 2. The molecule has 3 amide bonds. The molecule has 0 aromatic heterocycles. The van der Waals surface area contributed by atoms with E-state index in [1.165, 1.54) is 18.2 Å². The van der Waals surface area contributed by atoms with E-state index < -0.39 is 11.9 Å². The Kier molecular flexibility index (Phi) is 4.50. The smallest absolute Gasteiger partial charge is 0.319 e. The molecule has 2 aromatic carbocycles. The summed E-state index contributed by atoms with van der Waals surface area (Å²) in [5.74, 6) is -0.908. The van der Waals surface area contributed by atoms with E-state index in [-0.39, 0.29) is 12.4 Å². The minimum atomic E-state index is -0.537. The largest absolute Gasteiger partial charge is 0.366 e. The molecule has 0 spiro atoms. The van der Waals surface area contributed by atoms with Crippen LogP contribution in [0.15, 0.2) is 48.5 Å². The monoisotopic (exact) mass is 287 g/mol. The van der Waals surface area contributed by atoms with Crippen LogP contribution in [0, 0.1) is 5.82 Å². The van der Waals surface area contributed by atoms with Crippen molar-refractivity contribution < 1.29 is 14.0 Å². The second kappa shape index (κ2) is 6.51. The average Bonchev–Trinajstić information content (AvgIpc) is 2.47. The van der Waals surface area contributed by atoms with E-state index in [1.807, 2.05) is 0 Å². The normalized spacial score (nSPS) is 9.95. The lowest BCUT2D eigenvalue weighted by Crippen LogP contribution is -2.28. The van der Waals surface area contributed by atoms with E-state index in [2.05, 4.69) is 10.6 Å². The summed E-state index contributed by atoms with van der Waals surface area (Å²) in [6.07, 6.45) is 0. The van der Waals surface area contributed by atoms with Gasteiger partial charge < -0.3 is 16.4 Å². The van der Waals surface area contributed by atoms with Gasteiger partial charge in [0.25, 0.3) is 0 Å². The van der Waals surface area contributed by atoms with Crippen LogP contribution in [0.3, 0.4) is 0 Å². The Morgan fingerprint density at radius 3 is 2.33 bits per heavy atom. The zero-order chi connectivity index (χ0) is 15.2. The Morgan fingerprint density at radius 2 is 1.71 bits per heavy atom. The van der Waals surface area contributed by atoms with Gasteiger partial charge in [-0.3, -0.25) is 4.79 Å². The number of nitrogens with one attached hydrogen (secondary N) is 2. The maximum Gasteiger partial charge on any atom is 0.319 e. The third kappa shape index (κ3) is 4.04. The molecule has 0 saturated heterocycles. The molecular weight excluding hydrogens is 273 g/mol. The standard InChI is InChI=1S/C15H14FN3O2/c16-13-4-2-1-3-11(13)9-18-15(21)19-12-7-5-10(6-8-12)14(17)20/h1-8H,9H2,(H2,17,20)(H2,18,19,21). The van der Waals surface area contributed by atoms with E-state index in [9.17, 15) is 14.0 Å². The Hall–Kier alpha value is -2.89. The molecule has 2 rings (SSSR count). The highest BCUT2D eigenvalue weighted by Gasteiger charge is 2.05. The van der Waals surface area contributed by atoms with Crippen LogP contribution in [0.1, 0.15) is 15.9 Å². The first-order chi connectivity index (χ1) is 10.1. The van der Waals surface area contributed by atoms with Gasteiger partial charge in [0.05, 0.1) is 0 Å². The van der Waals surface area contributed by atoms with Crippen LogP contribution in [0.25, 0.3) is 0 Å². The Labute approximate surface area is 121 Å². The highest BCUT2D eigenvalue weighted by molar-refractivity contribution is 5.94. The van der Waals surface area contributed by atoms with Crippen LogP contribution in [0.5, 0.6) is 0 Å². The van der Waals surface area contributed by atoms with Crippen LogP contribution < -0.4 is 16.4 Å². The predicted molar refractivity (Wildman–Crippen MR) is 77.2 cm³/mol. The van der Waals surface area contributed by atoms with E-state index in [1.54, 1.807) is 30.3 Å². The number of carbonyl (C=O) groups is 2. The molecule has 6 heteroatoms. The number of nitrogens with two attached hydrogens (primary N) is 1. The molecule has 0 unspecified atom stereocenters. The Morgan fingerprint density at radius 1 is 1.05 bits per heavy atom. The number of hydrogen-bond acceptors (Lipinski definition) is 2. The molecule has 0 aliphatic heterocycles. The van der Waals surface area contributed by atoms with E-state index >= 15 is 0 Å². The molecule has 0 aliphatic carbocycles. The van der Waals surface area contributed by atoms with Crippen molar-refractivity contribution in [2.24, 2.45) is 5.73 Å². The molecule has 0 aliphatic rings. The van der Waals surface area contributed by atoms with E-state index in [0.717, 1.165) is 0 Å². The number of halogens is 1.